The number of rotatable bonds is 2. The van der Waals surface area contributed by atoms with Gasteiger partial charge in [0, 0.05) is 5.92 Å². The van der Waals surface area contributed by atoms with Gasteiger partial charge in [0.1, 0.15) is 10.3 Å². The lowest BCUT2D eigenvalue weighted by Gasteiger charge is -2.24. The molecular formula is C17H19BrN2O. The summed E-state index contributed by atoms with van der Waals surface area (Å²) in [5, 5.41) is 0. The minimum absolute atomic E-state index is 0.0671. The molecule has 1 heterocycles. The summed E-state index contributed by atoms with van der Waals surface area (Å²) in [6.45, 7) is 4.12. The number of H-pyrrole nitrogens is 1. The molecule has 1 atom stereocenters. The average Bonchev–Trinajstić information content (AvgIpc) is 2.49. The van der Waals surface area contributed by atoms with Gasteiger partial charge in [-0.2, -0.15) is 0 Å². The van der Waals surface area contributed by atoms with Gasteiger partial charge in [-0.15, -0.1) is 0 Å². The first kappa shape index (κ1) is 14.5. The third-order valence-electron chi connectivity index (χ3n) is 4.19. The van der Waals surface area contributed by atoms with Crippen molar-refractivity contribution in [3.05, 3.63) is 61.7 Å². The minimum Gasteiger partial charge on any atom is -0.309 e. The molecule has 1 aliphatic carbocycles. The quantitative estimate of drug-likeness (QED) is 0.895. The van der Waals surface area contributed by atoms with Crippen molar-refractivity contribution in [2.75, 3.05) is 0 Å². The van der Waals surface area contributed by atoms with Gasteiger partial charge in [-0.3, -0.25) is 4.79 Å². The number of benzene rings is 1. The van der Waals surface area contributed by atoms with Crippen LogP contribution in [0.15, 0.2) is 33.5 Å². The second-order valence-corrected chi connectivity index (χ2v) is 6.81. The molecule has 0 saturated heterocycles. The van der Waals surface area contributed by atoms with Gasteiger partial charge >= 0.3 is 0 Å². The minimum atomic E-state index is -0.0671. The molecule has 3 nitrogen and oxygen atoms in total. The van der Waals surface area contributed by atoms with Gasteiger partial charge in [0.05, 0.1) is 5.69 Å². The maximum Gasteiger partial charge on any atom is 0.265 e. The standard InChI is InChI=1S/C17H19BrN2O/c1-10(2)15-14(18)17(21)20-16(19-15)13-8-7-11-5-3-4-6-12(11)9-13/h3-6,10,13H,7-9H2,1-2H3,(H,19,20,21). The normalized spacial score (nSPS) is 17.8. The molecule has 2 aromatic rings. The van der Waals surface area contributed by atoms with Gasteiger partial charge in [-0.1, -0.05) is 38.1 Å². The fourth-order valence-corrected chi connectivity index (χ4v) is 3.65. The highest BCUT2D eigenvalue weighted by atomic mass is 79.9. The van der Waals surface area contributed by atoms with Crippen molar-refractivity contribution in [2.45, 2.75) is 44.9 Å². The van der Waals surface area contributed by atoms with Crippen molar-refractivity contribution in [3.63, 3.8) is 0 Å². The van der Waals surface area contributed by atoms with E-state index in [1.54, 1.807) is 0 Å². The van der Waals surface area contributed by atoms with Gasteiger partial charge < -0.3 is 4.98 Å². The fourth-order valence-electron chi connectivity index (χ4n) is 3.00. The second kappa shape index (κ2) is 5.76. The summed E-state index contributed by atoms with van der Waals surface area (Å²) in [5.74, 6) is 1.37. The Labute approximate surface area is 133 Å². The van der Waals surface area contributed by atoms with Crippen molar-refractivity contribution < 1.29 is 0 Å². The first-order valence-electron chi connectivity index (χ1n) is 7.42. The summed E-state index contributed by atoms with van der Waals surface area (Å²) >= 11 is 3.36. The van der Waals surface area contributed by atoms with E-state index >= 15 is 0 Å². The Morgan fingerprint density at radius 2 is 2.00 bits per heavy atom. The number of fused-ring (bicyclic) bond motifs is 1. The van der Waals surface area contributed by atoms with E-state index in [1.165, 1.54) is 11.1 Å². The molecule has 1 aromatic heterocycles. The number of nitrogens with zero attached hydrogens (tertiary/aromatic N) is 1. The highest BCUT2D eigenvalue weighted by Crippen LogP contribution is 2.31. The van der Waals surface area contributed by atoms with Crippen LogP contribution in [0.2, 0.25) is 0 Å². The summed E-state index contributed by atoms with van der Waals surface area (Å²) in [6.07, 6.45) is 3.05. The van der Waals surface area contributed by atoms with Crippen LogP contribution in [-0.4, -0.2) is 9.97 Å². The Morgan fingerprint density at radius 1 is 1.29 bits per heavy atom. The first-order valence-corrected chi connectivity index (χ1v) is 8.22. The fraction of sp³-hybridized carbons (Fsp3) is 0.412. The molecule has 0 radical (unpaired) electrons. The van der Waals surface area contributed by atoms with Gasteiger partial charge in [0.15, 0.2) is 0 Å². The van der Waals surface area contributed by atoms with E-state index < -0.39 is 0 Å². The SMILES string of the molecule is CC(C)c1nc(C2CCc3ccccc3C2)[nH]c(=O)c1Br. The molecule has 0 fully saturated rings. The molecule has 1 N–H and O–H groups in total. The number of aryl methyl sites for hydroxylation is 1. The summed E-state index contributed by atoms with van der Waals surface area (Å²) in [7, 11) is 0. The molecule has 3 rings (SSSR count). The van der Waals surface area contributed by atoms with Gasteiger partial charge in [-0.25, -0.2) is 4.98 Å². The summed E-state index contributed by atoms with van der Waals surface area (Å²) in [6, 6.07) is 8.55. The molecule has 0 amide bonds. The predicted octanol–water partition coefficient (Wildman–Crippen LogP) is 3.93. The number of hydrogen-bond acceptors (Lipinski definition) is 2. The molecule has 0 spiro atoms. The van der Waals surface area contributed by atoms with Gasteiger partial charge in [0.2, 0.25) is 0 Å². The van der Waals surface area contributed by atoms with Crippen molar-refractivity contribution in [2.24, 2.45) is 0 Å². The highest BCUT2D eigenvalue weighted by molar-refractivity contribution is 9.10. The van der Waals surface area contributed by atoms with Crippen LogP contribution < -0.4 is 5.56 Å². The van der Waals surface area contributed by atoms with Crippen LogP contribution in [0.5, 0.6) is 0 Å². The Hall–Kier alpha value is -1.42. The molecule has 1 unspecified atom stereocenters. The average molecular weight is 347 g/mol. The van der Waals surface area contributed by atoms with Gasteiger partial charge in [0.25, 0.3) is 5.56 Å². The summed E-state index contributed by atoms with van der Waals surface area (Å²) in [5.41, 5.74) is 3.60. The van der Waals surface area contributed by atoms with Crippen LogP contribution in [0.25, 0.3) is 0 Å². The predicted molar refractivity (Wildman–Crippen MR) is 87.9 cm³/mol. The lowest BCUT2D eigenvalue weighted by molar-refractivity contribution is 0.547. The van der Waals surface area contributed by atoms with E-state index in [-0.39, 0.29) is 11.5 Å². The van der Waals surface area contributed by atoms with Crippen molar-refractivity contribution in [3.8, 4) is 0 Å². The zero-order chi connectivity index (χ0) is 15.0. The van der Waals surface area contributed by atoms with E-state index in [4.69, 9.17) is 4.98 Å². The maximum absolute atomic E-state index is 12.1. The summed E-state index contributed by atoms with van der Waals surface area (Å²) in [4.78, 5) is 19.8. The Kier molecular flexibility index (Phi) is 3.98. The molecule has 21 heavy (non-hydrogen) atoms. The molecule has 110 valence electrons. The second-order valence-electron chi connectivity index (χ2n) is 6.01. The smallest absolute Gasteiger partial charge is 0.265 e. The van der Waals surface area contributed by atoms with Crippen LogP contribution in [0.1, 0.15) is 54.7 Å². The lowest BCUT2D eigenvalue weighted by atomic mass is 9.83. The Balaban J connectivity index is 1.97. The van der Waals surface area contributed by atoms with E-state index in [9.17, 15) is 4.79 Å². The van der Waals surface area contributed by atoms with Crippen LogP contribution in [0.3, 0.4) is 0 Å². The topological polar surface area (TPSA) is 45.8 Å². The van der Waals surface area contributed by atoms with Crippen molar-refractivity contribution in [1.82, 2.24) is 9.97 Å². The molecule has 0 aliphatic heterocycles. The number of halogens is 1. The highest BCUT2D eigenvalue weighted by Gasteiger charge is 2.23. The molecule has 0 bridgehead atoms. The Morgan fingerprint density at radius 3 is 2.71 bits per heavy atom. The van der Waals surface area contributed by atoms with Crippen LogP contribution >= 0.6 is 15.9 Å². The third-order valence-corrected chi connectivity index (χ3v) is 4.95. The van der Waals surface area contributed by atoms with E-state index in [0.29, 0.717) is 10.4 Å². The lowest BCUT2D eigenvalue weighted by Crippen LogP contribution is -2.22. The third kappa shape index (κ3) is 2.82. The number of aromatic amines is 1. The zero-order valence-electron chi connectivity index (χ0n) is 12.3. The molecular weight excluding hydrogens is 328 g/mol. The molecule has 1 aromatic carbocycles. The largest absolute Gasteiger partial charge is 0.309 e. The van der Waals surface area contributed by atoms with E-state index in [1.807, 2.05) is 0 Å². The van der Waals surface area contributed by atoms with E-state index in [0.717, 1.165) is 30.8 Å². The zero-order valence-corrected chi connectivity index (χ0v) is 13.9. The molecule has 1 aliphatic rings. The monoisotopic (exact) mass is 346 g/mol. The Bertz CT molecular complexity index is 721. The number of aromatic nitrogens is 2. The van der Waals surface area contributed by atoms with Crippen LogP contribution in [-0.2, 0) is 12.8 Å². The maximum atomic E-state index is 12.1. The number of hydrogen-bond donors (Lipinski definition) is 1. The van der Waals surface area contributed by atoms with Crippen molar-refractivity contribution in [1.29, 1.82) is 0 Å². The van der Waals surface area contributed by atoms with E-state index in [2.05, 4.69) is 59.0 Å². The van der Waals surface area contributed by atoms with Crippen molar-refractivity contribution >= 4 is 15.9 Å². The molecule has 4 heteroatoms. The number of nitrogens with one attached hydrogen (secondary N) is 1. The van der Waals surface area contributed by atoms with Gasteiger partial charge in [-0.05, 0) is 52.2 Å². The first-order chi connectivity index (χ1) is 10.1. The molecule has 0 saturated carbocycles. The van der Waals surface area contributed by atoms with Crippen LogP contribution in [0, 0.1) is 0 Å². The summed E-state index contributed by atoms with van der Waals surface area (Å²) < 4.78 is 0.567. The van der Waals surface area contributed by atoms with Crippen LogP contribution in [0.4, 0.5) is 0 Å².